The smallest absolute Gasteiger partial charge is 0.243 e. The van der Waals surface area contributed by atoms with E-state index in [1.54, 1.807) is 41.3 Å². The molecular weight excluding hydrogens is 402 g/mol. The summed E-state index contributed by atoms with van der Waals surface area (Å²) < 4.78 is 33.1. The second kappa shape index (κ2) is 9.76. The van der Waals surface area contributed by atoms with Crippen molar-refractivity contribution >= 4 is 15.9 Å². The van der Waals surface area contributed by atoms with Gasteiger partial charge in [0.05, 0.1) is 24.2 Å². The topological polar surface area (TPSA) is 74.1 Å². The number of hydrogen-bond donors (Lipinski definition) is 0. The number of sulfonamides is 1. The average Bonchev–Trinajstić information content (AvgIpc) is 3.21. The second-order valence-corrected chi connectivity index (χ2v) is 10.2. The number of rotatable bonds is 8. The summed E-state index contributed by atoms with van der Waals surface area (Å²) in [5.41, 5.74) is 0.974. The number of furan rings is 1. The van der Waals surface area contributed by atoms with Crippen molar-refractivity contribution in [1.82, 2.24) is 14.1 Å². The molecule has 1 aliphatic heterocycles. The van der Waals surface area contributed by atoms with Crippen LogP contribution >= 0.6 is 0 Å². The molecule has 0 N–H and O–H groups in total. The van der Waals surface area contributed by atoms with Crippen LogP contribution in [0.1, 0.15) is 25.2 Å². The zero-order valence-electron chi connectivity index (χ0n) is 18.0. The summed E-state index contributed by atoms with van der Waals surface area (Å²) in [5.74, 6) is 0.900. The van der Waals surface area contributed by atoms with Gasteiger partial charge in [-0.2, -0.15) is 4.31 Å². The summed E-state index contributed by atoms with van der Waals surface area (Å²) in [6.45, 7) is 9.94. The normalized spacial score (nSPS) is 15.8. The quantitative estimate of drug-likeness (QED) is 0.640. The maximum absolute atomic E-state index is 13.3. The fourth-order valence-electron chi connectivity index (χ4n) is 3.61. The highest BCUT2D eigenvalue weighted by molar-refractivity contribution is 7.89. The summed E-state index contributed by atoms with van der Waals surface area (Å²) in [7, 11) is -3.84. The molecule has 8 heteroatoms. The lowest BCUT2D eigenvalue weighted by atomic mass is 10.2. The summed E-state index contributed by atoms with van der Waals surface area (Å²) in [4.78, 5) is 17.2. The van der Waals surface area contributed by atoms with Crippen LogP contribution in [0.15, 0.2) is 52.0 Å². The van der Waals surface area contributed by atoms with E-state index in [0.717, 1.165) is 25.2 Å². The maximum Gasteiger partial charge on any atom is 0.243 e. The summed E-state index contributed by atoms with van der Waals surface area (Å²) in [6.07, 6.45) is 1.50. The van der Waals surface area contributed by atoms with Crippen LogP contribution < -0.4 is 0 Å². The number of nitrogens with zero attached hydrogens (tertiary/aromatic N) is 3. The van der Waals surface area contributed by atoms with E-state index in [-0.39, 0.29) is 23.9 Å². The Morgan fingerprint density at radius 2 is 1.77 bits per heavy atom. The van der Waals surface area contributed by atoms with E-state index in [1.807, 2.05) is 6.92 Å². The molecule has 1 saturated heterocycles. The van der Waals surface area contributed by atoms with Gasteiger partial charge in [-0.3, -0.25) is 9.69 Å². The van der Waals surface area contributed by atoms with Gasteiger partial charge in [0.2, 0.25) is 15.9 Å². The van der Waals surface area contributed by atoms with Crippen molar-refractivity contribution in [1.29, 1.82) is 0 Å². The van der Waals surface area contributed by atoms with Gasteiger partial charge in [0, 0.05) is 32.7 Å². The van der Waals surface area contributed by atoms with Crippen LogP contribution in [0.2, 0.25) is 0 Å². The molecule has 0 saturated carbocycles. The second-order valence-electron chi connectivity index (χ2n) is 8.24. The molecule has 1 aromatic carbocycles. The molecule has 3 rings (SSSR count). The predicted octanol–water partition coefficient (Wildman–Crippen LogP) is 2.58. The van der Waals surface area contributed by atoms with Crippen LogP contribution in [0.5, 0.6) is 0 Å². The van der Waals surface area contributed by atoms with Gasteiger partial charge in [0.1, 0.15) is 5.76 Å². The molecule has 1 amide bonds. The molecule has 0 aliphatic carbocycles. The maximum atomic E-state index is 13.3. The van der Waals surface area contributed by atoms with E-state index in [9.17, 15) is 13.2 Å². The number of carbonyl (C=O) groups excluding carboxylic acids is 1. The van der Waals surface area contributed by atoms with Gasteiger partial charge < -0.3 is 9.32 Å². The zero-order chi connectivity index (χ0) is 21.7. The Morgan fingerprint density at radius 1 is 1.10 bits per heavy atom. The summed E-state index contributed by atoms with van der Waals surface area (Å²) >= 11 is 0. The third kappa shape index (κ3) is 5.71. The molecule has 2 heterocycles. The Morgan fingerprint density at radius 3 is 2.33 bits per heavy atom. The van der Waals surface area contributed by atoms with Gasteiger partial charge >= 0.3 is 0 Å². The Balaban J connectivity index is 1.73. The van der Waals surface area contributed by atoms with E-state index >= 15 is 0 Å². The Labute approximate surface area is 179 Å². The molecule has 0 radical (unpaired) electrons. The zero-order valence-corrected chi connectivity index (χ0v) is 18.8. The Hall–Kier alpha value is -2.16. The van der Waals surface area contributed by atoms with Crippen LogP contribution in [0.25, 0.3) is 0 Å². The predicted molar refractivity (Wildman–Crippen MR) is 115 cm³/mol. The van der Waals surface area contributed by atoms with E-state index in [2.05, 4.69) is 18.7 Å². The first-order chi connectivity index (χ1) is 14.3. The molecule has 1 fully saturated rings. The van der Waals surface area contributed by atoms with Crippen LogP contribution in [0, 0.1) is 12.8 Å². The fraction of sp³-hybridized carbons (Fsp3) is 0.500. The minimum absolute atomic E-state index is 0.0161. The molecule has 2 aromatic rings. The van der Waals surface area contributed by atoms with E-state index in [0.29, 0.717) is 24.8 Å². The van der Waals surface area contributed by atoms with Crippen molar-refractivity contribution in [2.75, 3.05) is 39.3 Å². The molecule has 0 unspecified atom stereocenters. The number of hydrogen-bond acceptors (Lipinski definition) is 5. The van der Waals surface area contributed by atoms with E-state index < -0.39 is 10.0 Å². The highest BCUT2D eigenvalue weighted by Crippen LogP contribution is 2.20. The van der Waals surface area contributed by atoms with Crippen molar-refractivity contribution in [2.45, 2.75) is 32.2 Å². The van der Waals surface area contributed by atoms with Gasteiger partial charge in [0.15, 0.2) is 0 Å². The monoisotopic (exact) mass is 433 g/mol. The van der Waals surface area contributed by atoms with Crippen LogP contribution in [-0.4, -0.2) is 67.7 Å². The fourth-order valence-corrected chi connectivity index (χ4v) is 4.96. The van der Waals surface area contributed by atoms with Crippen LogP contribution in [0.4, 0.5) is 0 Å². The molecular formula is C22H31N3O4S. The van der Waals surface area contributed by atoms with Crippen molar-refractivity contribution in [3.63, 3.8) is 0 Å². The molecule has 1 aromatic heterocycles. The third-order valence-electron chi connectivity index (χ3n) is 5.23. The number of piperazine rings is 1. The van der Waals surface area contributed by atoms with Gasteiger partial charge in [-0.25, -0.2) is 8.42 Å². The molecule has 1 aliphatic rings. The first kappa shape index (κ1) is 22.5. The minimum atomic E-state index is -3.84. The molecule has 30 heavy (non-hydrogen) atoms. The van der Waals surface area contributed by atoms with Crippen molar-refractivity contribution in [3.05, 3.63) is 54.0 Å². The highest BCUT2D eigenvalue weighted by atomic mass is 32.2. The van der Waals surface area contributed by atoms with Crippen molar-refractivity contribution in [2.24, 2.45) is 5.92 Å². The van der Waals surface area contributed by atoms with Crippen molar-refractivity contribution < 1.29 is 17.6 Å². The van der Waals surface area contributed by atoms with Gasteiger partial charge in [0.25, 0.3) is 0 Å². The van der Waals surface area contributed by atoms with E-state index in [4.69, 9.17) is 4.42 Å². The lowest BCUT2D eigenvalue weighted by molar-refractivity contribution is -0.133. The molecule has 0 atom stereocenters. The van der Waals surface area contributed by atoms with Crippen molar-refractivity contribution in [3.8, 4) is 0 Å². The Bertz CT molecular complexity index is 916. The first-order valence-corrected chi connectivity index (χ1v) is 11.8. The minimum Gasteiger partial charge on any atom is -0.468 e. The standard InChI is InChI=1S/C22H31N3O4S/c1-18(2)15-23-10-12-24(13-11-23)22(26)17-25(16-20-5-4-14-29-20)30(27,28)21-8-6-19(3)7-9-21/h4-9,14,18H,10-13,15-17H2,1-3H3. The third-order valence-corrected chi connectivity index (χ3v) is 7.04. The molecule has 0 spiro atoms. The average molecular weight is 434 g/mol. The van der Waals surface area contributed by atoms with Gasteiger partial charge in [-0.1, -0.05) is 31.5 Å². The van der Waals surface area contributed by atoms with Gasteiger partial charge in [-0.15, -0.1) is 0 Å². The number of aryl methyl sites for hydroxylation is 1. The molecule has 0 bridgehead atoms. The lowest BCUT2D eigenvalue weighted by Gasteiger charge is -2.36. The van der Waals surface area contributed by atoms with Crippen LogP contribution in [-0.2, 0) is 21.4 Å². The first-order valence-electron chi connectivity index (χ1n) is 10.3. The molecule has 164 valence electrons. The number of benzene rings is 1. The van der Waals surface area contributed by atoms with E-state index in [1.165, 1.54) is 10.6 Å². The van der Waals surface area contributed by atoms with Gasteiger partial charge in [-0.05, 0) is 37.1 Å². The lowest BCUT2D eigenvalue weighted by Crippen LogP contribution is -2.52. The summed E-state index contributed by atoms with van der Waals surface area (Å²) in [6, 6.07) is 10.1. The Kier molecular flexibility index (Phi) is 7.33. The number of amides is 1. The summed E-state index contributed by atoms with van der Waals surface area (Å²) in [5, 5.41) is 0. The highest BCUT2D eigenvalue weighted by Gasteiger charge is 2.30. The number of carbonyl (C=O) groups is 1. The SMILES string of the molecule is Cc1ccc(S(=O)(=O)N(CC(=O)N2CCN(CC(C)C)CC2)Cc2ccco2)cc1. The largest absolute Gasteiger partial charge is 0.468 e. The van der Waals surface area contributed by atoms with Crippen LogP contribution in [0.3, 0.4) is 0 Å². The molecule has 7 nitrogen and oxygen atoms in total.